The van der Waals surface area contributed by atoms with E-state index in [4.69, 9.17) is 0 Å². The number of phenols is 1. The van der Waals surface area contributed by atoms with Crippen molar-refractivity contribution in [3.05, 3.63) is 42.2 Å². The van der Waals surface area contributed by atoms with E-state index >= 15 is 0 Å². The predicted octanol–water partition coefficient (Wildman–Crippen LogP) is 1.89. The molecule has 3 nitrogen and oxygen atoms in total. The van der Waals surface area contributed by atoms with Crippen LogP contribution in [-0.2, 0) is 0 Å². The van der Waals surface area contributed by atoms with Gasteiger partial charge in [-0.25, -0.2) is 4.68 Å². The highest BCUT2D eigenvalue weighted by Gasteiger charge is 2.01. The SMILES string of the molecule is Cc1cnn(-c2ccccc2O)c1. The summed E-state index contributed by atoms with van der Waals surface area (Å²) in [5, 5.41) is 13.6. The number of nitrogens with zero attached hydrogens (tertiary/aromatic N) is 2. The minimum Gasteiger partial charge on any atom is -0.506 e. The van der Waals surface area contributed by atoms with Crippen LogP contribution in [0.15, 0.2) is 36.7 Å². The molecule has 13 heavy (non-hydrogen) atoms. The molecule has 0 aliphatic rings. The van der Waals surface area contributed by atoms with Crippen molar-refractivity contribution in [1.82, 2.24) is 9.78 Å². The summed E-state index contributed by atoms with van der Waals surface area (Å²) in [6.07, 6.45) is 3.63. The zero-order valence-corrected chi connectivity index (χ0v) is 7.31. The first-order valence-corrected chi connectivity index (χ1v) is 4.07. The molecule has 1 aromatic heterocycles. The molecule has 1 heterocycles. The van der Waals surface area contributed by atoms with E-state index in [1.165, 1.54) is 0 Å². The number of aromatic nitrogens is 2. The second-order valence-electron chi connectivity index (χ2n) is 2.95. The second-order valence-corrected chi connectivity index (χ2v) is 2.95. The van der Waals surface area contributed by atoms with E-state index in [9.17, 15) is 5.11 Å². The van der Waals surface area contributed by atoms with Gasteiger partial charge in [-0.1, -0.05) is 12.1 Å². The first-order valence-electron chi connectivity index (χ1n) is 4.07. The second kappa shape index (κ2) is 2.94. The fraction of sp³-hybridized carbons (Fsp3) is 0.100. The average molecular weight is 174 g/mol. The summed E-state index contributed by atoms with van der Waals surface area (Å²) in [4.78, 5) is 0. The van der Waals surface area contributed by atoms with E-state index < -0.39 is 0 Å². The molecule has 0 atom stereocenters. The van der Waals surface area contributed by atoms with Gasteiger partial charge in [0.2, 0.25) is 0 Å². The van der Waals surface area contributed by atoms with Crippen LogP contribution in [0.4, 0.5) is 0 Å². The Bertz CT molecular complexity index is 420. The Morgan fingerprint density at radius 2 is 2.08 bits per heavy atom. The number of rotatable bonds is 1. The van der Waals surface area contributed by atoms with Crippen LogP contribution in [0.2, 0.25) is 0 Å². The first-order chi connectivity index (χ1) is 6.27. The average Bonchev–Trinajstić information content (AvgIpc) is 2.53. The van der Waals surface area contributed by atoms with Crippen molar-refractivity contribution < 1.29 is 5.11 Å². The van der Waals surface area contributed by atoms with Gasteiger partial charge in [0.25, 0.3) is 0 Å². The molecule has 1 aromatic carbocycles. The monoisotopic (exact) mass is 174 g/mol. The summed E-state index contributed by atoms with van der Waals surface area (Å²) in [7, 11) is 0. The van der Waals surface area contributed by atoms with E-state index in [1.54, 1.807) is 23.0 Å². The number of aryl methyl sites for hydroxylation is 1. The molecule has 0 aliphatic heterocycles. The number of hydrogen-bond acceptors (Lipinski definition) is 2. The zero-order valence-electron chi connectivity index (χ0n) is 7.31. The van der Waals surface area contributed by atoms with E-state index in [-0.39, 0.29) is 5.75 Å². The van der Waals surface area contributed by atoms with E-state index in [0.29, 0.717) is 5.69 Å². The first kappa shape index (κ1) is 7.86. The van der Waals surface area contributed by atoms with Gasteiger partial charge in [-0.3, -0.25) is 0 Å². The maximum absolute atomic E-state index is 9.51. The van der Waals surface area contributed by atoms with E-state index in [2.05, 4.69) is 5.10 Å². The van der Waals surface area contributed by atoms with Crippen LogP contribution in [0.5, 0.6) is 5.75 Å². The Balaban J connectivity index is 2.52. The molecule has 2 rings (SSSR count). The van der Waals surface area contributed by atoms with Gasteiger partial charge in [-0.05, 0) is 24.6 Å². The smallest absolute Gasteiger partial charge is 0.141 e. The zero-order chi connectivity index (χ0) is 9.26. The predicted molar refractivity (Wildman–Crippen MR) is 50.0 cm³/mol. The molecule has 66 valence electrons. The molecular formula is C10H10N2O. The van der Waals surface area contributed by atoms with Gasteiger partial charge >= 0.3 is 0 Å². The lowest BCUT2D eigenvalue weighted by atomic mass is 10.3. The topological polar surface area (TPSA) is 38.0 Å². The third-order valence-electron chi connectivity index (χ3n) is 1.84. The fourth-order valence-electron chi connectivity index (χ4n) is 1.20. The summed E-state index contributed by atoms with van der Waals surface area (Å²) < 4.78 is 1.66. The minimum atomic E-state index is 0.241. The number of benzene rings is 1. The van der Waals surface area contributed by atoms with E-state index in [0.717, 1.165) is 5.56 Å². The Labute approximate surface area is 76.3 Å². The number of aromatic hydroxyl groups is 1. The standard InChI is InChI=1S/C10H10N2O/c1-8-6-11-12(7-8)9-4-2-3-5-10(9)13/h2-7,13H,1H3. The van der Waals surface area contributed by atoms with Gasteiger partial charge in [0, 0.05) is 6.20 Å². The van der Waals surface area contributed by atoms with Crippen LogP contribution in [0.25, 0.3) is 5.69 Å². The van der Waals surface area contributed by atoms with Crippen molar-refractivity contribution >= 4 is 0 Å². The molecule has 0 bridgehead atoms. The molecule has 3 heteroatoms. The molecule has 0 spiro atoms. The van der Waals surface area contributed by atoms with Gasteiger partial charge in [0.15, 0.2) is 0 Å². The van der Waals surface area contributed by atoms with Crippen LogP contribution >= 0.6 is 0 Å². The van der Waals surface area contributed by atoms with Crippen molar-refractivity contribution in [3.8, 4) is 11.4 Å². The summed E-state index contributed by atoms with van der Waals surface area (Å²) in [5.41, 5.74) is 1.78. The van der Waals surface area contributed by atoms with Crippen LogP contribution < -0.4 is 0 Å². The lowest BCUT2D eigenvalue weighted by molar-refractivity contribution is 0.470. The lowest BCUT2D eigenvalue weighted by Gasteiger charge is -2.02. The molecule has 0 aliphatic carbocycles. The Kier molecular flexibility index (Phi) is 1.77. The molecular weight excluding hydrogens is 164 g/mol. The summed E-state index contributed by atoms with van der Waals surface area (Å²) >= 11 is 0. The number of hydrogen-bond donors (Lipinski definition) is 1. The van der Waals surface area contributed by atoms with Gasteiger partial charge in [-0.15, -0.1) is 0 Å². The summed E-state index contributed by atoms with van der Waals surface area (Å²) in [6.45, 7) is 1.96. The number of phenolic OH excluding ortho intramolecular Hbond substituents is 1. The van der Waals surface area contributed by atoms with Gasteiger partial charge in [0.05, 0.1) is 6.20 Å². The van der Waals surface area contributed by atoms with Crippen molar-refractivity contribution in [2.45, 2.75) is 6.92 Å². The van der Waals surface area contributed by atoms with Crippen molar-refractivity contribution in [3.63, 3.8) is 0 Å². The summed E-state index contributed by atoms with van der Waals surface area (Å²) in [6, 6.07) is 7.12. The quantitative estimate of drug-likeness (QED) is 0.716. The van der Waals surface area contributed by atoms with Crippen molar-refractivity contribution in [1.29, 1.82) is 0 Å². The van der Waals surface area contributed by atoms with Crippen LogP contribution in [0.3, 0.4) is 0 Å². The lowest BCUT2D eigenvalue weighted by Crippen LogP contribution is -1.93. The van der Waals surface area contributed by atoms with Gasteiger partial charge < -0.3 is 5.11 Å². The summed E-state index contributed by atoms with van der Waals surface area (Å²) in [5.74, 6) is 0.241. The molecule has 0 amide bonds. The Morgan fingerprint density at radius 3 is 2.69 bits per heavy atom. The maximum Gasteiger partial charge on any atom is 0.141 e. The molecule has 0 fully saturated rings. The molecule has 0 saturated carbocycles. The molecule has 0 unspecified atom stereocenters. The highest BCUT2D eigenvalue weighted by atomic mass is 16.3. The molecule has 0 radical (unpaired) electrons. The third-order valence-corrected chi connectivity index (χ3v) is 1.84. The van der Waals surface area contributed by atoms with Crippen molar-refractivity contribution in [2.24, 2.45) is 0 Å². The van der Waals surface area contributed by atoms with Crippen LogP contribution in [0.1, 0.15) is 5.56 Å². The molecule has 2 aromatic rings. The Hall–Kier alpha value is -1.77. The highest BCUT2D eigenvalue weighted by Crippen LogP contribution is 2.19. The van der Waals surface area contributed by atoms with Crippen LogP contribution in [0, 0.1) is 6.92 Å². The maximum atomic E-state index is 9.51. The highest BCUT2D eigenvalue weighted by molar-refractivity contribution is 5.44. The fourth-order valence-corrected chi connectivity index (χ4v) is 1.20. The largest absolute Gasteiger partial charge is 0.506 e. The minimum absolute atomic E-state index is 0.241. The van der Waals surface area contributed by atoms with Gasteiger partial charge in [-0.2, -0.15) is 5.10 Å². The van der Waals surface area contributed by atoms with Crippen LogP contribution in [-0.4, -0.2) is 14.9 Å². The molecule has 1 N–H and O–H groups in total. The Morgan fingerprint density at radius 1 is 1.31 bits per heavy atom. The number of para-hydroxylation sites is 2. The van der Waals surface area contributed by atoms with Gasteiger partial charge in [0.1, 0.15) is 11.4 Å². The molecule has 0 saturated heterocycles. The van der Waals surface area contributed by atoms with Crippen molar-refractivity contribution in [2.75, 3.05) is 0 Å². The van der Waals surface area contributed by atoms with E-state index in [1.807, 2.05) is 25.3 Å². The third kappa shape index (κ3) is 1.40. The normalized spacial score (nSPS) is 10.2.